The highest BCUT2D eigenvalue weighted by atomic mass is 19.4. The number of aryl methyl sites for hydroxylation is 1. The maximum Gasteiger partial charge on any atom is 0.433 e. The molecule has 3 aromatic rings. The predicted octanol–water partition coefficient (Wildman–Crippen LogP) is 3.30. The van der Waals surface area contributed by atoms with Crippen molar-refractivity contribution in [1.82, 2.24) is 24.8 Å². The van der Waals surface area contributed by atoms with Gasteiger partial charge in [-0.1, -0.05) is 0 Å². The molecule has 0 spiro atoms. The lowest BCUT2D eigenvalue weighted by Crippen LogP contribution is -2.39. The molecule has 1 saturated heterocycles. The van der Waals surface area contributed by atoms with E-state index in [9.17, 15) is 18.3 Å². The van der Waals surface area contributed by atoms with Crippen molar-refractivity contribution in [2.45, 2.75) is 31.5 Å². The number of anilines is 2. The van der Waals surface area contributed by atoms with Crippen LogP contribution < -0.4 is 10.6 Å². The van der Waals surface area contributed by atoms with Gasteiger partial charge in [-0.25, -0.2) is 15.0 Å². The average Bonchev–Trinajstić information content (AvgIpc) is 3.19. The summed E-state index contributed by atoms with van der Waals surface area (Å²) >= 11 is 0. The second-order valence-electron chi connectivity index (χ2n) is 7.39. The molecular formula is C20H21F3N6O. The number of halogens is 3. The summed E-state index contributed by atoms with van der Waals surface area (Å²) in [6, 6.07) is 6.28. The second kappa shape index (κ2) is 7.69. The van der Waals surface area contributed by atoms with Crippen LogP contribution in [0.4, 0.5) is 24.8 Å². The molecule has 0 bridgehead atoms. The van der Waals surface area contributed by atoms with Crippen molar-refractivity contribution in [3.05, 3.63) is 59.9 Å². The third kappa shape index (κ3) is 4.29. The first-order valence-corrected chi connectivity index (χ1v) is 9.50. The van der Waals surface area contributed by atoms with Gasteiger partial charge in [0.15, 0.2) is 0 Å². The zero-order valence-electron chi connectivity index (χ0n) is 16.2. The zero-order chi connectivity index (χ0) is 21.4. The maximum absolute atomic E-state index is 12.9. The normalized spacial score (nSPS) is 16.4. The molecule has 0 atom stereocenters. The topological polar surface area (TPSA) is 87.9 Å². The van der Waals surface area contributed by atoms with Crippen LogP contribution in [0.5, 0.6) is 0 Å². The van der Waals surface area contributed by atoms with Gasteiger partial charge in [0.25, 0.3) is 0 Å². The van der Waals surface area contributed by atoms with E-state index in [1.54, 1.807) is 29.2 Å². The number of hydrogen-bond acceptors (Lipinski definition) is 6. The van der Waals surface area contributed by atoms with Crippen molar-refractivity contribution in [1.29, 1.82) is 0 Å². The fraction of sp³-hybridized carbons (Fsp3) is 0.350. The fourth-order valence-electron chi connectivity index (χ4n) is 3.49. The molecule has 1 aliphatic rings. The minimum absolute atomic E-state index is 0.142. The molecule has 0 unspecified atom stereocenters. The summed E-state index contributed by atoms with van der Waals surface area (Å²) in [5.41, 5.74) is 0.801. The van der Waals surface area contributed by atoms with E-state index in [1.807, 2.05) is 13.0 Å². The highest BCUT2D eigenvalue weighted by Crippen LogP contribution is 2.31. The van der Waals surface area contributed by atoms with Crippen molar-refractivity contribution >= 4 is 11.6 Å². The van der Waals surface area contributed by atoms with Crippen molar-refractivity contribution in [2.75, 3.05) is 18.4 Å². The van der Waals surface area contributed by atoms with Gasteiger partial charge in [-0.2, -0.15) is 13.2 Å². The van der Waals surface area contributed by atoms with Gasteiger partial charge in [-0.15, -0.1) is 0 Å². The molecule has 1 aliphatic heterocycles. The van der Waals surface area contributed by atoms with Crippen LogP contribution in [0.1, 0.15) is 29.8 Å². The van der Waals surface area contributed by atoms with E-state index in [-0.39, 0.29) is 5.95 Å². The van der Waals surface area contributed by atoms with Crippen LogP contribution in [0, 0.1) is 6.92 Å². The van der Waals surface area contributed by atoms with Gasteiger partial charge in [-0.05, 0) is 62.7 Å². The third-order valence-corrected chi connectivity index (χ3v) is 5.05. The molecule has 158 valence electrons. The van der Waals surface area contributed by atoms with Crippen LogP contribution in [0.25, 0.3) is 5.69 Å². The number of benzene rings is 1. The lowest BCUT2D eigenvalue weighted by molar-refractivity contribution is -0.141. The molecule has 1 fully saturated rings. The minimum atomic E-state index is -4.54. The van der Waals surface area contributed by atoms with Gasteiger partial charge in [0.2, 0.25) is 5.95 Å². The first kappa shape index (κ1) is 20.3. The lowest BCUT2D eigenvalue weighted by atomic mass is 9.90. The van der Waals surface area contributed by atoms with Crippen LogP contribution in [-0.4, -0.2) is 37.7 Å². The zero-order valence-corrected chi connectivity index (χ0v) is 16.2. The number of piperidine rings is 1. The maximum atomic E-state index is 12.9. The molecule has 1 aromatic carbocycles. The first-order valence-electron chi connectivity index (χ1n) is 9.50. The Morgan fingerprint density at radius 2 is 1.93 bits per heavy atom. The SMILES string of the molecule is Cc1cc(Nc2nccc(C(F)(F)F)n2)cc(-n2cnc(C3(O)CCNCC3)c2)c1. The molecule has 10 heteroatoms. The van der Waals surface area contributed by atoms with Gasteiger partial charge < -0.3 is 20.3 Å². The van der Waals surface area contributed by atoms with Gasteiger partial charge in [0.05, 0.1) is 12.0 Å². The number of aromatic nitrogens is 4. The fourth-order valence-corrected chi connectivity index (χ4v) is 3.49. The van der Waals surface area contributed by atoms with Gasteiger partial charge >= 0.3 is 6.18 Å². The lowest BCUT2D eigenvalue weighted by Gasteiger charge is -2.30. The Hall–Kier alpha value is -2.98. The molecular weight excluding hydrogens is 397 g/mol. The van der Waals surface area contributed by atoms with Crippen LogP contribution >= 0.6 is 0 Å². The van der Waals surface area contributed by atoms with Gasteiger partial charge in [-0.3, -0.25) is 0 Å². The van der Waals surface area contributed by atoms with Gasteiger partial charge in [0, 0.05) is 23.8 Å². The Morgan fingerprint density at radius 1 is 1.17 bits per heavy atom. The number of nitrogens with zero attached hydrogens (tertiary/aromatic N) is 4. The molecule has 2 aromatic heterocycles. The van der Waals surface area contributed by atoms with Crippen LogP contribution in [0.3, 0.4) is 0 Å². The van der Waals surface area contributed by atoms with Gasteiger partial charge in [0.1, 0.15) is 11.3 Å². The highest BCUT2D eigenvalue weighted by molar-refractivity contribution is 5.59. The largest absolute Gasteiger partial charge is 0.433 e. The molecule has 0 radical (unpaired) electrons. The van der Waals surface area contributed by atoms with E-state index < -0.39 is 17.5 Å². The standard InChI is InChI=1S/C20H21F3N6O/c1-13-8-14(27-18-25-5-2-16(28-18)20(21,22)23)10-15(9-13)29-11-17(26-12-29)19(30)3-6-24-7-4-19/h2,5,8-12,24,30H,3-4,6-7H2,1H3,(H,25,27,28). The smallest absolute Gasteiger partial charge is 0.383 e. The van der Waals surface area contributed by atoms with Crippen molar-refractivity contribution in [3.63, 3.8) is 0 Å². The summed E-state index contributed by atoms with van der Waals surface area (Å²) in [4.78, 5) is 11.8. The Bertz CT molecular complexity index is 1040. The number of nitrogens with one attached hydrogen (secondary N) is 2. The summed E-state index contributed by atoms with van der Waals surface area (Å²) in [7, 11) is 0. The van der Waals surface area contributed by atoms with E-state index in [0.717, 1.165) is 36.6 Å². The van der Waals surface area contributed by atoms with E-state index in [0.29, 0.717) is 24.2 Å². The highest BCUT2D eigenvalue weighted by Gasteiger charge is 2.34. The molecule has 3 heterocycles. The third-order valence-electron chi connectivity index (χ3n) is 5.05. The number of rotatable bonds is 4. The number of aliphatic hydroxyl groups is 1. The molecule has 0 aliphatic carbocycles. The first-order chi connectivity index (χ1) is 14.2. The predicted molar refractivity (Wildman–Crippen MR) is 105 cm³/mol. The van der Waals surface area contributed by atoms with Crippen LogP contribution in [-0.2, 0) is 11.8 Å². The monoisotopic (exact) mass is 418 g/mol. The molecule has 4 rings (SSSR count). The van der Waals surface area contributed by atoms with E-state index in [4.69, 9.17) is 0 Å². The van der Waals surface area contributed by atoms with E-state index >= 15 is 0 Å². The van der Waals surface area contributed by atoms with Crippen LogP contribution in [0.2, 0.25) is 0 Å². The number of imidazole rings is 1. The summed E-state index contributed by atoms with van der Waals surface area (Å²) < 4.78 is 40.4. The molecule has 7 nitrogen and oxygen atoms in total. The molecule has 0 amide bonds. The summed E-state index contributed by atoms with van der Waals surface area (Å²) in [6.45, 7) is 3.32. The molecule has 0 saturated carbocycles. The summed E-state index contributed by atoms with van der Waals surface area (Å²) in [6.07, 6.45) is 1.09. The molecule has 3 N–H and O–H groups in total. The Morgan fingerprint density at radius 3 is 2.67 bits per heavy atom. The van der Waals surface area contributed by atoms with Crippen molar-refractivity contribution in [2.24, 2.45) is 0 Å². The number of hydrogen-bond donors (Lipinski definition) is 3. The van der Waals surface area contributed by atoms with E-state index in [2.05, 4.69) is 25.6 Å². The molecule has 30 heavy (non-hydrogen) atoms. The van der Waals surface area contributed by atoms with Crippen LogP contribution in [0.15, 0.2) is 43.0 Å². The van der Waals surface area contributed by atoms with E-state index in [1.165, 1.54) is 0 Å². The summed E-state index contributed by atoms with van der Waals surface area (Å²) in [5, 5.41) is 16.9. The minimum Gasteiger partial charge on any atom is -0.383 e. The number of alkyl halides is 3. The Kier molecular flexibility index (Phi) is 5.20. The van der Waals surface area contributed by atoms with Crippen molar-refractivity contribution in [3.8, 4) is 5.69 Å². The Labute approximate surface area is 171 Å². The average molecular weight is 418 g/mol. The quantitative estimate of drug-likeness (QED) is 0.603. The second-order valence-corrected chi connectivity index (χ2v) is 7.39. The Balaban J connectivity index is 1.60. The van der Waals surface area contributed by atoms with Crippen molar-refractivity contribution < 1.29 is 18.3 Å². The summed E-state index contributed by atoms with van der Waals surface area (Å²) in [5.74, 6) is -0.142.